The number of hydrogen-bond donors (Lipinski definition) is 1. The van der Waals surface area contributed by atoms with Crippen LogP contribution in [0.25, 0.3) is 0 Å². The van der Waals surface area contributed by atoms with Crippen molar-refractivity contribution in [3.8, 4) is 0 Å². The van der Waals surface area contributed by atoms with Crippen LogP contribution in [0.1, 0.15) is 47.5 Å². The molecule has 2 N–H and O–H groups in total. The van der Waals surface area contributed by atoms with Crippen molar-refractivity contribution in [1.29, 1.82) is 0 Å². The van der Waals surface area contributed by atoms with Gasteiger partial charge in [-0.2, -0.15) is 0 Å². The summed E-state index contributed by atoms with van der Waals surface area (Å²) in [5.74, 6) is 0.757. The molecule has 0 bridgehead atoms. The molecule has 2 atom stereocenters. The topological polar surface area (TPSA) is 29.3 Å². The van der Waals surface area contributed by atoms with Crippen molar-refractivity contribution in [2.24, 2.45) is 17.1 Å². The van der Waals surface area contributed by atoms with E-state index in [-0.39, 0.29) is 5.54 Å². The van der Waals surface area contributed by atoms with Crippen LogP contribution in [0.3, 0.4) is 0 Å². The van der Waals surface area contributed by atoms with Gasteiger partial charge in [-0.1, -0.05) is 20.8 Å². The van der Waals surface area contributed by atoms with Gasteiger partial charge in [-0.15, -0.1) is 0 Å². The van der Waals surface area contributed by atoms with Gasteiger partial charge < -0.3 is 10.6 Å². The molecule has 0 heterocycles. The van der Waals surface area contributed by atoms with Crippen LogP contribution in [0.5, 0.6) is 0 Å². The summed E-state index contributed by atoms with van der Waals surface area (Å²) in [7, 11) is 2.20. The molecule has 2 nitrogen and oxygen atoms in total. The van der Waals surface area contributed by atoms with E-state index < -0.39 is 0 Å². The summed E-state index contributed by atoms with van der Waals surface area (Å²) >= 11 is 0. The van der Waals surface area contributed by atoms with Gasteiger partial charge in [0, 0.05) is 18.1 Å². The average Bonchev–Trinajstić information content (AvgIpc) is 2.81. The fourth-order valence-electron chi connectivity index (χ4n) is 2.21. The van der Waals surface area contributed by atoms with Crippen molar-refractivity contribution in [2.45, 2.75) is 59.0 Å². The lowest BCUT2D eigenvalue weighted by molar-refractivity contribution is 0.112. The number of nitrogens with two attached hydrogens (primary N) is 1. The molecule has 1 fully saturated rings. The lowest BCUT2D eigenvalue weighted by Gasteiger charge is -2.39. The van der Waals surface area contributed by atoms with Gasteiger partial charge in [-0.25, -0.2) is 0 Å². The molecule has 0 aliphatic heterocycles. The SMILES string of the molecule is CC(N(C)CC(C)(N)C1CC1)C(C)(C)C. The smallest absolute Gasteiger partial charge is 0.0283 e. The van der Waals surface area contributed by atoms with E-state index >= 15 is 0 Å². The Morgan fingerprint density at radius 3 is 2.07 bits per heavy atom. The predicted octanol–water partition coefficient (Wildman–Crippen LogP) is 2.48. The molecule has 90 valence electrons. The molecule has 15 heavy (non-hydrogen) atoms. The molecule has 1 aliphatic rings. The van der Waals surface area contributed by atoms with Crippen molar-refractivity contribution >= 4 is 0 Å². The van der Waals surface area contributed by atoms with Crippen LogP contribution in [-0.4, -0.2) is 30.1 Å². The van der Waals surface area contributed by atoms with Crippen LogP contribution in [0.15, 0.2) is 0 Å². The Labute approximate surface area is 95.2 Å². The molecule has 1 aliphatic carbocycles. The minimum Gasteiger partial charge on any atom is -0.324 e. The average molecular weight is 212 g/mol. The van der Waals surface area contributed by atoms with Crippen molar-refractivity contribution in [3.05, 3.63) is 0 Å². The predicted molar refractivity (Wildman–Crippen MR) is 66.9 cm³/mol. The molecule has 0 radical (unpaired) electrons. The van der Waals surface area contributed by atoms with Gasteiger partial charge in [0.1, 0.15) is 0 Å². The van der Waals surface area contributed by atoms with Crippen LogP contribution in [0.4, 0.5) is 0 Å². The van der Waals surface area contributed by atoms with Gasteiger partial charge in [0.25, 0.3) is 0 Å². The number of nitrogens with zero attached hydrogens (tertiary/aromatic N) is 1. The fourth-order valence-corrected chi connectivity index (χ4v) is 2.21. The highest BCUT2D eigenvalue weighted by atomic mass is 15.2. The Morgan fingerprint density at radius 1 is 1.27 bits per heavy atom. The first-order valence-corrected chi connectivity index (χ1v) is 6.14. The van der Waals surface area contributed by atoms with E-state index in [1.807, 2.05) is 0 Å². The normalized spacial score (nSPS) is 24.0. The molecule has 0 saturated heterocycles. The van der Waals surface area contributed by atoms with E-state index in [0.29, 0.717) is 11.5 Å². The maximum absolute atomic E-state index is 6.36. The van der Waals surface area contributed by atoms with Gasteiger partial charge in [0.15, 0.2) is 0 Å². The third-order valence-corrected chi connectivity index (χ3v) is 4.01. The molecule has 0 amide bonds. The highest BCUT2D eigenvalue weighted by Gasteiger charge is 2.40. The van der Waals surface area contributed by atoms with Crippen LogP contribution >= 0.6 is 0 Å². The summed E-state index contributed by atoms with van der Waals surface area (Å²) in [5, 5.41) is 0. The van der Waals surface area contributed by atoms with Crippen molar-refractivity contribution in [1.82, 2.24) is 4.90 Å². The molecule has 0 aromatic heterocycles. The van der Waals surface area contributed by atoms with E-state index in [0.717, 1.165) is 12.5 Å². The Hall–Kier alpha value is -0.0800. The summed E-state index contributed by atoms with van der Waals surface area (Å²) in [6, 6.07) is 0.569. The van der Waals surface area contributed by atoms with Gasteiger partial charge >= 0.3 is 0 Å². The Balaban J connectivity index is 2.50. The first kappa shape index (κ1) is 13.0. The van der Waals surface area contributed by atoms with Gasteiger partial charge in [0.05, 0.1) is 0 Å². The first-order valence-electron chi connectivity index (χ1n) is 6.14. The van der Waals surface area contributed by atoms with Crippen LogP contribution < -0.4 is 5.73 Å². The summed E-state index contributed by atoms with van der Waals surface area (Å²) < 4.78 is 0. The minimum atomic E-state index is 0.00819. The van der Waals surface area contributed by atoms with Crippen LogP contribution in [-0.2, 0) is 0 Å². The second-order valence-electron chi connectivity index (χ2n) is 6.74. The standard InChI is InChI=1S/C13H28N2/c1-10(12(2,3)4)15(6)9-13(5,14)11-7-8-11/h10-11H,7-9,14H2,1-6H3. The third-order valence-electron chi connectivity index (χ3n) is 4.01. The maximum Gasteiger partial charge on any atom is 0.0283 e. The summed E-state index contributed by atoms with van der Waals surface area (Å²) in [6.07, 6.45) is 2.65. The van der Waals surface area contributed by atoms with Crippen molar-refractivity contribution < 1.29 is 0 Å². The first-order chi connectivity index (χ1) is 6.64. The largest absolute Gasteiger partial charge is 0.324 e. The number of likely N-dealkylation sites (N-methyl/N-ethyl adjacent to an activating group) is 1. The number of hydrogen-bond acceptors (Lipinski definition) is 2. The van der Waals surface area contributed by atoms with Crippen LogP contribution in [0.2, 0.25) is 0 Å². The van der Waals surface area contributed by atoms with E-state index in [1.54, 1.807) is 0 Å². The summed E-state index contributed by atoms with van der Waals surface area (Å²) in [6.45, 7) is 12.4. The lowest BCUT2D eigenvalue weighted by Crippen LogP contribution is -2.52. The third kappa shape index (κ3) is 3.46. The molecule has 2 unspecified atom stereocenters. The molecule has 2 heteroatoms. The molecular weight excluding hydrogens is 184 g/mol. The highest BCUT2D eigenvalue weighted by molar-refractivity contribution is 4.98. The minimum absolute atomic E-state index is 0.00819. The molecule has 0 spiro atoms. The van der Waals surface area contributed by atoms with E-state index in [2.05, 4.69) is 46.6 Å². The Bertz CT molecular complexity index is 211. The van der Waals surface area contributed by atoms with E-state index in [9.17, 15) is 0 Å². The fraction of sp³-hybridized carbons (Fsp3) is 1.00. The second kappa shape index (κ2) is 4.06. The summed E-state index contributed by atoms with van der Waals surface area (Å²) in [4.78, 5) is 2.42. The van der Waals surface area contributed by atoms with Crippen molar-refractivity contribution in [2.75, 3.05) is 13.6 Å². The maximum atomic E-state index is 6.36. The molecule has 1 saturated carbocycles. The van der Waals surface area contributed by atoms with Gasteiger partial charge in [0.2, 0.25) is 0 Å². The van der Waals surface area contributed by atoms with Crippen LogP contribution in [0, 0.1) is 11.3 Å². The zero-order valence-electron chi connectivity index (χ0n) is 11.3. The Kier molecular flexibility index (Phi) is 3.52. The summed E-state index contributed by atoms with van der Waals surface area (Å²) in [5.41, 5.74) is 6.70. The zero-order valence-corrected chi connectivity index (χ0v) is 11.3. The second-order valence-corrected chi connectivity index (χ2v) is 6.74. The van der Waals surface area contributed by atoms with E-state index in [1.165, 1.54) is 12.8 Å². The highest BCUT2D eigenvalue weighted by Crippen LogP contribution is 2.39. The lowest BCUT2D eigenvalue weighted by atomic mass is 9.86. The molecule has 0 aromatic rings. The zero-order chi connectivity index (χ0) is 11.9. The molecule has 1 rings (SSSR count). The Morgan fingerprint density at radius 2 is 1.73 bits per heavy atom. The monoisotopic (exact) mass is 212 g/mol. The van der Waals surface area contributed by atoms with E-state index in [4.69, 9.17) is 5.73 Å². The van der Waals surface area contributed by atoms with Gasteiger partial charge in [-0.05, 0) is 45.1 Å². The number of rotatable bonds is 4. The van der Waals surface area contributed by atoms with Gasteiger partial charge in [-0.3, -0.25) is 0 Å². The molecule has 0 aromatic carbocycles. The molecular formula is C13H28N2. The van der Waals surface area contributed by atoms with Crippen molar-refractivity contribution in [3.63, 3.8) is 0 Å². The quantitative estimate of drug-likeness (QED) is 0.776.